The first kappa shape index (κ1) is 21.3. The van der Waals surface area contributed by atoms with Crippen molar-refractivity contribution in [2.45, 2.75) is 16.8 Å². The second kappa shape index (κ2) is 8.27. The number of methoxy groups -OCH3 is 1. The molecule has 0 aliphatic rings. The van der Waals surface area contributed by atoms with Crippen molar-refractivity contribution in [2.24, 2.45) is 0 Å². The lowest BCUT2D eigenvalue weighted by Crippen LogP contribution is -2.06. The van der Waals surface area contributed by atoms with Gasteiger partial charge in [-0.1, -0.05) is 35.0 Å². The molecule has 0 radical (unpaired) electrons. The molecule has 0 saturated heterocycles. The zero-order valence-electron chi connectivity index (χ0n) is 17.3. The molecular formula is C23H19N3O5S. The molecule has 4 aromatic rings. The number of rotatable bonds is 6. The molecule has 9 heteroatoms. The van der Waals surface area contributed by atoms with Crippen LogP contribution in [-0.2, 0) is 9.84 Å². The Morgan fingerprint density at radius 3 is 2.12 bits per heavy atom. The first-order valence-corrected chi connectivity index (χ1v) is 11.0. The Morgan fingerprint density at radius 1 is 0.938 bits per heavy atom. The SMILES string of the molecule is COc1ccc(S(=O)(=O)c2nnn(-c3ccc(C(=O)O)cc3)c2-c2ccc(C)cc2)cc1. The van der Waals surface area contributed by atoms with Crippen molar-refractivity contribution in [1.82, 2.24) is 15.0 Å². The summed E-state index contributed by atoms with van der Waals surface area (Å²) in [5, 5.41) is 17.1. The first-order valence-electron chi connectivity index (χ1n) is 9.57. The van der Waals surface area contributed by atoms with Gasteiger partial charge in [-0.2, -0.15) is 0 Å². The van der Waals surface area contributed by atoms with Crippen LogP contribution in [0.25, 0.3) is 16.9 Å². The van der Waals surface area contributed by atoms with Crippen molar-refractivity contribution in [3.8, 4) is 22.7 Å². The predicted molar refractivity (Wildman–Crippen MR) is 117 cm³/mol. The summed E-state index contributed by atoms with van der Waals surface area (Å²) in [6, 6.07) is 19.3. The Kier molecular flexibility index (Phi) is 5.50. The van der Waals surface area contributed by atoms with Crippen LogP contribution in [-0.4, -0.2) is 41.6 Å². The van der Waals surface area contributed by atoms with Crippen LogP contribution in [0.3, 0.4) is 0 Å². The molecule has 1 N–H and O–H groups in total. The highest BCUT2D eigenvalue weighted by atomic mass is 32.2. The maximum absolute atomic E-state index is 13.4. The van der Waals surface area contributed by atoms with E-state index in [0.29, 0.717) is 17.0 Å². The summed E-state index contributed by atoms with van der Waals surface area (Å²) in [6.07, 6.45) is 0. The van der Waals surface area contributed by atoms with Gasteiger partial charge in [0.15, 0.2) is 0 Å². The summed E-state index contributed by atoms with van der Waals surface area (Å²) < 4.78 is 33.4. The van der Waals surface area contributed by atoms with Gasteiger partial charge in [0, 0.05) is 5.56 Å². The molecule has 32 heavy (non-hydrogen) atoms. The second-order valence-electron chi connectivity index (χ2n) is 7.05. The van der Waals surface area contributed by atoms with E-state index < -0.39 is 15.8 Å². The average Bonchev–Trinajstić information content (AvgIpc) is 3.26. The van der Waals surface area contributed by atoms with Crippen molar-refractivity contribution in [2.75, 3.05) is 7.11 Å². The summed E-state index contributed by atoms with van der Waals surface area (Å²) in [6.45, 7) is 1.93. The van der Waals surface area contributed by atoms with Crippen LogP contribution in [0.5, 0.6) is 5.75 Å². The van der Waals surface area contributed by atoms with Crippen molar-refractivity contribution in [3.05, 3.63) is 83.9 Å². The van der Waals surface area contributed by atoms with Crippen LogP contribution < -0.4 is 4.74 Å². The van der Waals surface area contributed by atoms with Crippen molar-refractivity contribution in [3.63, 3.8) is 0 Å². The lowest BCUT2D eigenvalue weighted by Gasteiger charge is -2.10. The van der Waals surface area contributed by atoms with E-state index in [1.54, 1.807) is 36.4 Å². The summed E-state index contributed by atoms with van der Waals surface area (Å²) >= 11 is 0. The highest BCUT2D eigenvalue weighted by Crippen LogP contribution is 2.32. The van der Waals surface area contributed by atoms with Gasteiger partial charge in [0.05, 0.1) is 23.3 Å². The Bertz CT molecular complexity index is 1380. The number of carboxylic acids is 1. The largest absolute Gasteiger partial charge is 0.497 e. The molecule has 1 aromatic heterocycles. The van der Waals surface area contributed by atoms with E-state index >= 15 is 0 Å². The van der Waals surface area contributed by atoms with Gasteiger partial charge in [-0.15, -0.1) is 5.10 Å². The number of aromatic carboxylic acids is 1. The highest BCUT2D eigenvalue weighted by molar-refractivity contribution is 7.91. The number of aromatic nitrogens is 3. The van der Waals surface area contributed by atoms with Crippen molar-refractivity contribution < 1.29 is 23.1 Å². The topological polar surface area (TPSA) is 111 Å². The van der Waals surface area contributed by atoms with Crippen molar-refractivity contribution in [1.29, 1.82) is 0 Å². The fourth-order valence-corrected chi connectivity index (χ4v) is 4.52. The number of sulfone groups is 1. The number of aryl methyl sites for hydroxylation is 1. The monoisotopic (exact) mass is 449 g/mol. The van der Waals surface area contributed by atoms with Gasteiger partial charge < -0.3 is 9.84 Å². The number of carbonyl (C=O) groups is 1. The molecule has 0 aliphatic carbocycles. The summed E-state index contributed by atoms with van der Waals surface area (Å²) in [5.74, 6) is -0.526. The fourth-order valence-electron chi connectivity index (χ4n) is 3.20. The van der Waals surface area contributed by atoms with Crippen LogP contribution in [0.1, 0.15) is 15.9 Å². The zero-order valence-corrected chi connectivity index (χ0v) is 18.1. The number of carboxylic acid groups (broad SMARTS) is 1. The van der Waals surface area contributed by atoms with E-state index in [1.807, 2.05) is 19.1 Å². The molecule has 0 spiro atoms. The van der Waals surface area contributed by atoms with E-state index in [1.165, 1.54) is 36.1 Å². The minimum absolute atomic E-state index is 0.0555. The lowest BCUT2D eigenvalue weighted by molar-refractivity contribution is 0.0697. The van der Waals surface area contributed by atoms with E-state index in [-0.39, 0.29) is 21.2 Å². The smallest absolute Gasteiger partial charge is 0.335 e. The van der Waals surface area contributed by atoms with Gasteiger partial charge in [-0.3, -0.25) is 0 Å². The van der Waals surface area contributed by atoms with Crippen molar-refractivity contribution >= 4 is 15.8 Å². The molecule has 1 heterocycles. The van der Waals surface area contributed by atoms with Gasteiger partial charge in [0.2, 0.25) is 14.9 Å². The maximum Gasteiger partial charge on any atom is 0.335 e. The Hall–Kier alpha value is -3.98. The van der Waals surface area contributed by atoms with Gasteiger partial charge >= 0.3 is 5.97 Å². The molecule has 162 valence electrons. The quantitative estimate of drug-likeness (QED) is 0.477. The van der Waals surface area contributed by atoms with Crippen LogP contribution in [0.4, 0.5) is 0 Å². The minimum Gasteiger partial charge on any atom is -0.497 e. The summed E-state index contributed by atoms with van der Waals surface area (Å²) in [7, 11) is -2.51. The molecule has 0 aliphatic heterocycles. The number of ether oxygens (including phenoxy) is 1. The molecule has 4 rings (SSSR count). The normalized spacial score (nSPS) is 11.3. The predicted octanol–water partition coefficient (Wildman–Crippen LogP) is 3.78. The van der Waals surface area contributed by atoms with E-state index in [4.69, 9.17) is 9.84 Å². The third kappa shape index (κ3) is 3.85. The van der Waals surface area contributed by atoms with Crippen LogP contribution in [0.15, 0.2) is 82.7 Å². The van der Waals surface area contributed by atoms with Gasteiger partial charge in [0.25, 0.3) is 0 Å². The van der Waals surface area contributed by atoms with Gasteiger partial charge in [0.1, 0.15) is 11.4 Å². The molecular weight excluding hydrogens is 430 g/mol. The third-order valence-electron chi connectivity index (χ3n) is 4.95. The lowest BCUT2D eigenvalue weighted by atomic mass is 10.1. The van der Waals surface area contributed by atoms with Gasteiger partial charge in [-0.25, -0.2) is 17.9 Å². The van der Waals surface area contributed by atoms with Gasteiger partial charge in [-0.05, 0) is 55.5 Å². The number of hydrogen-bond acceptors (Lipinski definition) is 6. The molecule has 0 bridgehead atoms. The molecule has 0 atom stereocenters. The molecule has 0 saturated carbocycles. The average molecular weight is 449 g/mol. The Morgan fingerprint density at radius 2 is 1.56 bits per heavy atom. The molecule has 0 unspecified atom stereocenters. The highest BCUT2D eigenvalue weighted by Gasteiger charge is 2.29. The van der Waals surface area contributed by atoms with Crippen LogP contribution in [0.2, 0.25) is 0 Å². The number of hydrogen-bond donors (Lipinski definition) is 1. The molecule has 8 nitrogen and oxygen atoms in total. The maximum atomic E-state index is 13.4. The van der Waals surface area contributed by atoms with E-state index in [9.17, 15) is 13.2 Å². The fraction of sp³-hybridized carbons (Fsp3) is 0.0870. The van der Waals surface area contributed by atoms with E-state index in [0.717, 1.165) is 5.56 Å². The van der Waals surface area contributed by atoms with Crippen LogP contribution >= 0.6 is 0 Å². The third-order valence-corrected chi connectivity index (χ3v) is 6.62. The minimum atomic E-state index is -4.01. The summed E-state index contributed by atoms with van der Waals surface area (Å²) in [5.41, 5.74) is 2.49. The molecule has 0 fully saturated rings. The second-order valence-corrected chi connectivity index (χ2v) is 8.92. The number of benzene rings is 3. The first-order chi connectivity index (χ1) is 15.3. The number of nitrogens with zero attached hydrogens (tertiary/aromatic N) is 3. The standard InChI is InChI=1S/C23H19N3O5S/c1-15-3-5-16(6-4-15)21-22(32(29,30)20-13-11-19(31-2)12-14-20)24-25-26(21)18-9-7-17(8-10-18)23(27)28/h3-14H,1-2H3,(H,27,28). The Labute approximate surface area is 184 Å². The van der Waals surface area contributed by atoms with Crippen LogP contribution in [0, 0.1) is 6.92 Å². The molecule has 3 aromatic carbocycles. The van der Waals surface area contributed by atoms with E-state index in [2.05, 4.69) is 10.3 Å². The zero-order chi connectivity index (χ0) is 22.9. The molecule has 0 amide bonds. The Balaban J connectivity index is 1.91. The summed E-state index contributed by atoms with van der Waals surface area (Å²) in [4.78, 5) is 11.2.